The first-order valence-corrected chi connectivity index (χ1v) is 9.00. The topological polar surface area (TPSA) is 68.6 Å². The Morgan fingerprint density at radius 1 is 1.19 bits per heavy atom. The highest BCUT2D eigenvalue weighted by molar-refractivity contribution is 6.31. The van der Waals surface area contributed by atoms with Gasteiger partial charge in [0.25, 0.3) is 0 Å². The maximum absolute atomic E-state index is 10.2. The molecule has 26 heavy (non-hydrogen) atoms. The number of phenolic OH excluding ortho intramolecular Hbond substituents is 1. The van der Waals surface area contributed by atoms with Gasteiger partial charge in [-0.25, -0.2) is 0 Å². The number of hydrogen-bond donors (Lipinski definition) is 3. The number of aromatic nitrogens is 1. The molecule has 0 unspecified atom stereocenters. The first kappa shape index (κ1) is 17.1. The van der Waals surface area contributed by atoms with Gasteiger partial charge in [-0.3, -0.25) is 9.88 Å². The SMILES string of the molecule is Oc1ccc(Nc2ccnc3cc(Cl)ccc23)cc1CN1CC[C@@H](O)C1. The molecule has 6 heteroatoms. The number of rotatable bonds is 4. The summed E-state index contributed by atoms with van der Waals surface area (Å²) in [6, 6.07) is 13.0. The highest BCUT2D eigenvalue weighted by atomic mass is 35.5. The quantitative estimate of drug-likeness (QED) is 0.608. The van der Waals surface area contributed by atoms with E-state index in [-0.39, 0.29) is 11.9 Å². The van der Waals surface area contributed by atoms with Crippen molar-refractivity contribution in [1.82, 2.24) is 9.88 Å². The minimum Gasteiger partial charge on any atom is -0.508 e. The van der Waals surface area contributed by atoms with Gasteiger partial charge in [0.1, 0.15) is 5.75 Å². The molecule has 134 valence electrons. The lowest BCUT2D eigenvalue weighted by atomic mass is 10.1. The van der Waals surface area contributed by atoms with Gasteiger partial charge in [-0.2, -0.15) is 0 Å². The number of benzene rings is 2. The van der Waals surface area contributed by atoms with E-state index >= 15 is 0 Å². The van der Waals surface area contributed by atoms with E-state index in [1.165, 1.54) is 0 Å². The lowest BCUT2D eigenvalue weighted by molar-refractivity contribution is 0.174. The Morgan fingerprint density at radius 3 is 2.88 bits per heavy atom. The summed E-state index contributed by atoms with van der Waals surface area (Å²) >= 11 is 6.05. The number of aliphatic hydroxyl groups is 1. The number of pyridine rings is 1. The van der Waals surface area contributed by atoms with Crippen LogP contribution in [0.25, 0.3) is 10.9 Å². The third kappa shape index (κ3) is 3.60. The van der Waals surface area contributed by atoms with Gasteiger partial charge in [-0.05, 0) is 48.9 Å². The standard InChI is InChI=1S/C20H20ClN3O2/c21-14-1-3-17-18(5-7-22-19(17)10-14)23-15-2-4-20(26)13(9-15)11-24-8-6-16(25)12-24/h1-5,7,9-10,16,25-26H,6,8,11-12H2,(H,22,23)/t16-/m1/s1. The highest BCUT2D eigenvalue weighted by Crippen LogP contribution is 2.30. The van der Waals surface area contributed by atoms with E-state index in [9.17, 15) is 10.2 Å². The summed E-state index contributed by atoms with van der Waals surface area (Å²) in [6.45, 7) is 2.10. The third-order valence-corrected chi connectivity index (χ3v) is 4.94. The van der Waals surface area contributed by atoms with Gasteiger partial charge in [-0.1, -0.05) is 11.6 Å². The van der Waals surface area contributed by atoms with Crippen LogP contribution in [0, 0.1) is 0 Å². The van der Waals surface area contributed by atoms with E-state index in [1.807, 2.05) is 36.4 Å². The monoisotopic (exact) mass is 369 g/mol. The van der Waals surface area contributed by atoms with Crippen molar-refractivity contribution < 1.29 is 10.2 Å². The molecular weight excluding hydrogens is 350 g/mol. The van der Waals surface area contributed by atoms with E-state index in [1.54, 1.807) is 12.3 Å². The summed E-state index contributed by atoms with van der Waals surface area (Å²) in [5, 5.41) is 24.9. The Kier molecular flexibility index (Phi) is 4.68. The van der Waals surface area contributed by atoms with Crippen molar-refractivity contribution >= 4 is 33.9 Å². The van der Waals surface area contributed by atoms with E-state index in [0.29, 0.717) is 18.1 Å². The minimum absolute atomic E-state index is 0.267. The van der Waals surface area contributed by atoms with Gasteiger partial charge in [-0.15, -0.1) is 0 Å². The number of likely N-dealkylation sites (tertiary alicyclic amines) is 1. The van der Waals surface area contributed by atoms with Crippen molar-refractivity contribution in [3.8, 4) is 5.75 Å². The van der Waals surface area contributed by atoms with Gasteiger partial charge in [0.15, 0.2) is 0 Å². The molecule has 4 rings (SSSR count). The molecule has 2 aromatic carbocycles. The fourth-order valence-corrected chi connectivity index (χ4v) is 3.54. The van der Waals surface area contributed by atoms with Crippen LogP contribution >= 0.6 is 11.6 Å². The van der Waals surface area contributed by atoms with Crippen LogP contribution in [-0.4, -0.2) is 39.3 Å². The smallest absolute Gasteiger partial charge is 0.120 e. The maximum atomic E-state index is 10.2. The molecule has 1 aliphatic rings. The molecule has 1 aromatic heterocycles. The van der Waals surface area contributed by atoms with Crippen LogP contribution in [0.4, 0.5) is 11.4 Å². The second kappa shape index (κ2) is 7.11. The number of β-amino-alcohol motifs (C(OH)–C–C–N with tert-alkyl or cyclic N) is 1. The van der Waals surface area contributed by atoms with Gasteiger partial charge in [0.05, 0.1) is 11.6 Å². The minimum atomic E-state index is -0.270. The van der Waals surface area contributed by atoms with Gasteiger partial charge < -0.3 is 15.5 Å². The molecule has 3 N–H and O–H groups in total. The van der Waals surface area contributed by atoms with Crippen LogP contribution in [0.5, 0.6) is 5.75 Å². The largest absolute Gasteiger partial charge is 0.508 e. The summed E-state index contributed by atoms with van der Waals surface area (Å²) < 4.78 is 0. The molecule has 1 fully saturated rings. The number of phenols is 1. The number of aliphatic hydroxyl groups excluding tert-OH is 1. The summed E-state index contributed by atoms with van der Waals surface area (Å²) in [5.41, 5.74) is 3.48. The average Bonchev–Trinajstić information content (AvgIpc) is 3.03. The van der Waals surface area contributed by atoms with Gasteiger partial charge >= 0.3 is 0 Å². The zero-order chi connectivity index (χ0) is 18.1. The predicted octanol–water partition coefficient (Wildman–Crippen LogP) is 3.90. The van der Waals surface area contributed by atoms with Crippen molar-refractivity contribution in [2.24, 2.45) is 0 Å². The van der Waals surface area contributed by atoms with Crippen molar-refractivity contribution in [2.45, 2.75) is 19.1 Å². The van der Waals surface area contributed by atoms with Crippen molar-refractivity contribution in [3.05, 3.63) is 59.2 Å². The Bertz CT molecular complexity index is 947. The van der Waals surface area contributed by atoms with Crippen LogP contribution < -0.4 is 5.32 Å². The van der Waals surface area contributed by atoms with Crippen molar-refractivity contribution in [1.29, 1.82) is 0 Å². The number of anilines is 2. The average molecular weight is 370 g/mol. The number of halogens is 1. The Morgan fingerprint density at radius 2 is 2.08 bits per heavy atom. The molecular formula is C20H20ClN3O2. The molecule has 0 spiro atoms. The first-order valence-electron chi connectivity index (χ1n) is 8.62. The third-order valence-electron chi connectivity index (χ3n) is 4.70. The second-order valence-corrected chi connectivity index (χ2v) is 7.10. The Hall–Kier alpha value is -2.34. The molecule has 2 heterocycles. The maximum Gasteiger partial charge on any atom is 0.120 e. The Labute approximate surface area is 156 Å². The number of nitrogens with one attached hydrogen (secondary N) is 1. The van der Waals surface area contributed by atoms with Crippen LogP contribution in [0.1, 0.15) is 12.0 Å². The normalized spacial score (nSPS) is 17.7. The van der Waals surface area contributed by atoms with Crippen molar-refractivity contribution in [3.63, 3.8) is 0 Å². The lowest BCUT2D eigenvalue weighted by Gasteiger charge is -2.17. The molecule has 0 aliphatic carbocycles. The number of hydrogen-bond acceptors (Lipinski definition) is 5. The molecule has 0 amide bonds. The van der Waals surface area contributed by atoms with Crippen LogP contribution in [0.15, 0.2) is 48.7 Å². The molecule has 0 radical (unpaired) electrons. The van der Waals surface area contributed by atoms with Gasteiger partial charge in [0.2, 0.25) is 0 Å². The fraction of sp³-hybridized carbons (Fsp3) is 0.250. The summed E-state index contributed by atoms with van der Waals surface area (Å²) in [6.07, 6.45) is 2.26. The summed E-state index contributed by atoms with van der Waals surface area (Å²) in [4.78, 5) is 6.50. The van der Waals surface area contributed by atoms with Crippen LogP contribution in [0.3, 0.4) is 0 Å². The van der Waals surface area contributed by atoms with E-state index in [2.05, 4.69) is 15.2 Å². The highest BCUT2D eigenvalue weighted by Gasteiger charge is 2.21. The molecule has 1 aliphatic heterocycles. The zero-order valence-corrected chi connectivity index (χ0v) is 14.9. The molecule has 5 nitrogen and oxygen atoms in total. The molecule has 0 saturated carbocycles. The van der Waals surface area contributed by atoms with E-state index in [4.69, 9.17) is 11.6 Å². The predicted molar refractivity (Wildman–Crippen MR) is 104 cm³/mol. The number of aromatic hydroxyl groups is 1. The Balaban J connectivity index is 1.60. The molecule has 1 atom stereocenters. The fourth-order valence-electron chi connectivity index (χ4n) is 3.37. The molecule has 3 aromatic rings. The second-order valence-electron chi connectivity index (χ2n) is 6.67. The number of fused-ring (bicyclic) bond motifs is 1. The molecule has 1 saturated heterocycles. The van der Waals surface area contributed by atoms with Crippen molar-refractivity contribution in [2.75, 3.05) is 18.4 Å². The first-order chi connectivity index (χ1) is 12.6. The van der Waals surface area contributed by atoms with E-state index in [0.717, 1.165) is 40.8 Å². The summed E-state index contributed by atoms with van der Waals surface area (Å²) in [7, 11) is 0. The van der Waals surface area contributed by atoms with E-state index < -0.39 is 0 Å². The zero-order valence-electron chi connectivity index (χ0n) is 14.2. The lowest BCUT2D eigenvalue weighted by Crippen LogP contribution is -2.21. The van der Waals surface area contributed by atoms with Crippen LogP contribution in [-0.2, 0) is 6.54 Å². The van der Waals surface area contributed by atoms with Gasteiger partial charge in [0, 0.05) is 53.2 Å². The molecule has 0 bridgehead atoms. The van der Waals surface area contributed by atoms with Crippen LogP contribution in [0.2, 0.25) is 5.02 Å². The number of nitrogens with zero attached hydrogens (tertiary/aromatic N) is 2. The summed E-state index contributed by atoms with van der Waals surface area (Å²) in [5.74, 6) is 0.267.